The third kappa shape index (κ3) is 6.74. The van der Waals surface area contributed by atoms with E-state index in [4.69, 9.17) is 4.74 Å². The SMILES string of the molecule is CCN(CC)S(=O)(=O)c1cccc(NC(=O)CN(C)CCCOC)c1. The van der Waals surface area contributed by atoms with Crippen LogP contribution in [0.3, 0.4) is 0 Å². The molecule has 1 N–H and O–H groups in total. The van der Waals surface area contributed by atoms with E-state index >= 15 is 0 Å². The highest BCUT2D eigenvalue weighted by Crippen LogP contribution is 2.19. The number of likely N-dealkylation sites (N-methyl/N-ethyl adjacent to an activating group) is 1. The number of nitrogens with one attached hydrogen (secondary N) is 1. The average molecular weight is 372 g/mol. The zero-order chi connectivity index (χ0) is 18.9. The molecule has 0 saturated carbocycles. The fraction of sp³-hybridized carbons (Fsp3) is 0.588. The van der Waals surface area contributed by atoms with Gasteiger partial charge in [-0.15, -0.1) is 0 Å². The van der Waals surface area contributed by atoms with Crippen molar-refractivity contribution in [1.29, 1.82) is 0 Å². The highest BCUT2D eigenvalue weighted by molar-refractivity contribution is 7.89. The molecule has 8 heteroatoms. The van der Waals surface area contributed by atoms with Crippen LogP contribution in [0.2, 0.25) is 0 Å². The molecule has 1 aromatic rings. The number of hydrogen-bond acceptors (Lipinski definition) is 5. The molecule has 0 unspecified atom stereocenters. The molecule has 0 bridgehead atoms. The van der Waals surface area contributed by atoms with E-state index < -0.39 is 10.0 Å². The molecule has 0 aromatic heterocycles. The van der Waals surface area contributed by atoms with Crippen LogP contribution in [0, 0.1) is 0 Å². The third-order valence-electron chi connectivity index (χ3n) is 3.76. The minimum atomic E-state index is -3.54. The number of hydrogen-bond donors (Lipinski definition) is 1. The molecule has 0 aliphatic heterocycles. The second kappa shape index (κ2) is 10.5. The van der Waals surface area contributed by atoms with Gasteiger partial charge in [0.05, 0.1) is 11.4 Å². The molecule has 1 rings (SSSR count). The van der Waals surface area contributed by atoms with Gasteiger partial charge in [0, 0.05) is 39.0 Å². The number of rotatable bonds is 11. The van der Waals surface area contributed by atoms with Crippen molar-refractivity contribution in [3.05, 3.63) is 24.3 Å². The fourth-order valence-electron chi connectivity index (χ4n) is 2.45. The predicted octanol–water partition coefficient (Wildman–Crippen LogP) is 1.62. The summed E-state index contributed by atoms with van der Waals surface area (Å²) in [5.41, 5.74) is 0.475. The molecule has 142 valence electrons. The van der Waals surface area contributed by atoms with Crippen molar-refractivity contribution in [2.75, 3.05) is 52.3 Å². The number of benzene rings is 1. The van der Waals surface area contributed by atoms with E-state index in [1.807, 2.05) is 11.9 Å². The second-order valence-corrected chi connectivity index (χ2v) is 7.69. The number of carbonyl (C=O) groups is 1. The first kappa shape index (κ1) is 21.6. The Bertz CT molecular complexity index is 645. The molecular formula is C17H29N3O4S. The van der Waals surface area contributed by atoms with Gasteiger partial charge in [-0.05, 0) is 31.7 Å². The summed E-state index contributed by atoms with van der Waals surface area (Å²) in [7, 11) is -0.0373. The van der Waals surface area contributed by atoms with E-state index in [9.17, 15) is 13.2 Å². The van der Waals surface area contributed by atoms with E-state index in [-0.39, 0.29) is 17.3 Å². The Labute approximate surface area is 151 Å². The monoisotopic (exact) mass is 371 g/mol. The van der Waals surface area contributed by atoms with Crippen molar-refractivity contribution >= 4 is 21.6 Å². The summed E-state index contributed by atoms with van der Waals surface area (Å²) < 4.78 is 31.5. The molecule has 0 spiro atoms. The number of carbonyl (C=O) groups excluding carboxylic acids is 1. The number of anilines is 1. The van der Waals surface area contributed by atoms with Crippen LogP contribution in [0.1, 0.15) is 20.3 Å². The Morgan fingerprint density at radius 3 is 2.52 bits per heavy atom. The van der Waals surface area contributed by atoms with Crippen molar-refractivity contribution in [3.63, 3.8) is 0 Å². The highest BCUT2D eigenvalue weighted by atomic mass is 32.2. The summed E-state index contributed by atoms with van der Waals surface area (Å²) in [5, 5.41) is 2.76. The molecule has 0 fully saturated rings. The van der Waals surface area contributed by atoms with Crippen LogP contribution in [-0.4, -0.2) is 70.5 Å². The lowest BCUT2D eigenvalue weighted by atomic mass is 10.3. The number of amides is 1. The van der Waals surface area contributed by atoms with Crippen LogP contribution in [0.15, 0.2) is 29.2 Å². The van der Waals surface area contributed by atoms with Gasteiger partial charge < -0.3 is 10.1 Å². The van der Waals surface area contributed by atoms with E-state index in [2.05, 4.69) is 5.32 Å². The predicted molar refractivity (Wildman–Crippen MR) is 99.2 cm³/mol. The first-order valence-corrected chi connectivity index (χ1v) is 9.86. The smallest absolute Gasteiger partial charge is 0.243 e. The lowest BCUT2D eigenvalue weighted by Crippen LogP contribution is -2.32. The van der Waals surface area contributed by atoms with Gasteiger partial charge in [0.25, 0.3) is 0 Å². The summed E-state index contributed by atoms with van der Waals surface area (Å²) in [6.45, 7) is 6.03. The maximum Gasteiger partial charge on any atom is 0.243 e. The van der Waals surface area contributed by atoms with Gasteiger partial charge in [-0.1, -0.05) is 19.9 Å². The van der Waals surface area contributed by atoms with Crippen LogP contribution >= 0.6 is 0 Å². The minimum absolute atomic E-state index is 0.183. The molecule has 25 heavy (non-hydrogen) atoms. The van der Waals surface area contributed by atoms with Gasteiger partial charge in [-0.3, -0.25) is 9.69 Å². The Kier molecular flexibility index (Phi) is 9.05. The van der Waals surface area contributed by atoms with Gasteiger partial charge in [0.2, 0.25) is 15.9 Å². The molecule has 1 aromatic carbocycles. The minimum Gasteiger partial charge on any atom is -0.385 e. The lowest BCUT2D eigenvalue weighted by Gasteiger charge is -2.19. The number of methoxy groups -OCH3 is 1. The second-order valence-electron chi connectivity index (χ2n) is 5.75. The molecule has 0 saturated heterocycles. The van der Waals surface area contributed by atoms with Gasteiger partial charge in [-0.25, -0.2) is 8.42 Å². The van der Waals surface area contributed by atoms with Crippen molar-refractivity contribution in [1.82, 2.24) is 9.21 Å². The Balaban J connectivity index is 2.74. The van der Waals surface area contributed by atoms with Crippen LogP contribution in [0.4, 0.5) is 5.69 Å². The van der Waals surface area contributed by atoms with Crippen LogP contribution in [0.5, 0.6) is 0 Å². The quantitative estimate of drug-likeness (QED) is 0.598. The maximum absolute atomic E-state index is 12.6. The summed E-state index contributed by atoms with van der Waals surface area (Å²) in [4.78, 5) is 14.2. The first-order chi connectivity index (χ1) is 11.8. The van der Waals surface area contributed by atoms with Gasteiger partial charge in [0.1, 0.15) is 0 Å². The fourth-order valence-corrected chi connectivity index (χ4v) is 3.95. The summed E-state index contributed by atoms with van der Waals surface area (Å²) in [5.74, 6) is -0.183. The van der Waals surface area contributed by atoms with Crippen molar-refractivity contribution in [2.24, 2.45) is 0 Å². The standard InChI is InChI=1S/C17H29N3O4S/c1-5-20(6-2)25(22,23)16-10-7-9-15(13-16)18-17(21)14-19(3)11-8-12-24-4/h7,9-10,13H,5-6,8,11-12,14H2,1-4H3,(H,18,21). The largest absolute Gasteiger partial charge is 0.385 e. The first-order valence-electron chi connectivity index (χ1n) is 8.42. The van der Waals surface area contributed by atoms with Gasteiger partial charge in [0.15, 0.2) is 0 Å². The van der Waals surface area contributed by atoms with E-state index in [1.165, 1.54) is 10.4 Å². The van der Waals surface area contributed by atoms with Gasteiger partial charge >= 0.3 is 0 Å². The number of ether oxygens (including phenoxy) is 1. The molecule has 1 amide bonds. The lowest BCUT2D eigenvalue weighted by molar-refractivity contribution is -0.117. The van der Waals surface area contributed by atoms with Crippen LogP contribution < -0.4 is 5.32 Å². The van der Waals surface area contributed by atoms with E-state index in [0.717, 1.165) is 13.0 Å². The Morgan fingerprint density at radius 2 is 1.92 bits per heavy atom. The van der Waals surface area contributed by atoms with Crippen molar-refractivity contribution < 1.29 is 17.9 Å². The Morgan fingerprint density at radius 1 is 1.24 bits per heavy atom. The van der Waals surface area contributed by atoms with Crippen LogP contribution in [0.25, 0.3) is 0 Å². The average Bonchev–Trinajstić information content (AvgIpc) is 2.56. The summed E-state index contributed by atoms with van der Waals surface area (Å²) in [6.07, 6.45) is 0.845. The molecule has 0 aliphatic rings. The summed E-state index contributed by atoms with van der Waals surface area (Å²) in [6, 6.07) is 6.36. The zero-order valence-electron chi connectivity index (χ0n) is 15.5. The van der Waals surface area contributed by atoms with Crippen molar-refractivity contribution in [3.8, 4) is 0 Å². The molecule has 7 nitrogen and oxygen atoms in total. The van der Waals surface area contributed by atoms with E-state index in [1.54, 1.807) is 39.2 Å². The number of nitrogens with zero attached hydrogens (tertiary/aromatic N) is 2. The third-order valence-corrected chi connectivity index (χ3v) is 5.81. The molecular weight excluding hydrogens is 342 g/mol. The van der Waals surface area contributed by atoms with Crippen LogP contribution in [-0.2, 0) is 19.6 Å². The zero-order valence-corrected chi connectivity index (χ0v) is 16.3. The van der Waals surface area contributed by atoms with Crippen molar-refractivity contribution in [2.45, 2.75) is 25.2 Å². The molecule has 0 heterocycles. The molecule has 0 aliphatic carbocycles. The van der Waals surface area contributed by atoms with E-state index in [0.29, 0.717) is 25.4 Å². The highest BCUT2D eigenvalue weighted by Gasteiger charge is 2.21. The number of sulfonamides is 1. The molecule has 0 radical (unpaired) electrons. The normalized spacial score (nSPS) is 11.9. The topological polar surface area (TPSA) is 79.0 Å². The summed E-state index contributed by atoms with van der Waals surface area (Å²) >= 11 is 0. The Hall–Kier alpha value is -1.48. The van der Waals surface area contributed by atoms with Gasteiger partial charge in [-0.2, -0.15) is 4.31 Å². The molecule has 0 atom stereocenters. The maximum atomic E-state index is 12.6.